The zero-order chi connectivity index (χ0) is 19.2. The molecular formula is C23H22ClFO2. The lowest BCUT2D eigenvalue weighted by atomic mass is 9.91. The number of hydrogen-bond donors (Lipinski definition) is 0. The molecule has 140 valence electrons. The number of benzene rings is 3. The summed E-state index contributed by atoms with van der Waals surface area (Å²) in [5, 5.41) is 0.506. The van der Waals surface area contributed by atoms with Crippen LogP contribution in [0.3, 0.4) is 0 Å². The van der Waals surface area contributed by atoms with E-state index in [4.69, 9.17) is 21.1 Å². The Morgan fingerprint density at radius 3 is 2.41 bits per heavy atom. The Labute approximate surface area is 164 Å². The van der Waals surface area contributed by atoms with E-state index in [0.717, 1.165) is 5.56 Å². The Bertz CT molecular complexity index is 896. The summed E-state index contributed by atoms with van der Waals surface area (Å²) in [5.41, 5.74) is 3.36. The first-order chi connectivity index (χ1) is 13.1. The highest BCUT2D eigenvalue weighted by Gasteiger charge is 2.16. The second kappa shape index (κ2) is 9.03. The molecule has 3 rings (SSSR count). The van der Waals surface area contributed by atoms with E-state index >= 15 is 0 Å². The fourth-order valence-corrected chi connectivity index (χ4v) is 3.24. The minimum Gasteiger partial charge on any atom is -0.488 e. The van der Waals surface area contributed by atoms with E-state index in [1.54, 1.807) is 25.3 Å². The fourth-order valence-electron chi connectivity index (χ4n) is 3.02. The predicted octanol–water partition coefficient (Wildman–Crippen LogP) is 6.32. The molecule has 0 fully saturated rings. The number of ether oxygens (including phenoxy) is 2. The van der Waals surface area contributed by atoms with Gasteiger partial charge >= 0.3 is 0 Å². The summed E-state index contributed by atoms with van der Waals surface area (Å²) in [6.07, 6.45) is 0. The van der Waals surface area contributed by atoms with Crippen molar-refractivity contribution in [1.29, 1.82) is 0 Å². The zero-order valence-corrected chi connectivity index (χ0v) is 16.2. The predicted molar refractivity (Wildman–Crippen MR) is 108 cm³/mol. The van der Waals surface area contributed by atoms with Gasteiger partial charge in [0.2, 0.25) is 0 Å². The molecule has 0 radical (unpaired) electrons. The van der Waals surface area contributed by atoms with Crippen molar-refractivity contribution >= 4 is 11.6 Å². The molecule has 4 heteroatoms. The molecule has 2 nitrogen and oxygen atoms in total. The third kappa shape index (κ3) is 4.49. The van der Waals surface area contributed by atoms with E-state index in [2.05, 4.69) is 19.1 Å². The van der Waals surface area contributed by atoms with Gasteiger partial charge in [0.15, 0.2) is 11.6 Å². The first-order valence-electron chi connectivity index (χ1n) is 8.87. The van der Waals surface area contributed by atoms with Crippen molar-refractivity contribution in [2.75, 3.05) is 20.3 Å². The zero-order valence-electron chi connectivity index (χ0n) is 15.4. The second-order valence-corrected chi connectivity index (χ2v) is 6.74. The minimum atomic E-state index is -0.417. The van der Waals surface area contributed by atoms with E-state index in [9.17, 15) is 4.39 Å². The van der Waals surface area contributed by atoms with Gasteiger partial charge in [-0.2, -0.15) is 0 Å². The molecule has 3 aromatic rings. The Kier molecular flexibility index (Phi) is 6.49. The minimum absolute atomic E-state index is 0.173. The van der Waals surface area contributed by atoms with Crippen LogP contribution >= 0.6 is 11.6 Å². The lowest BCUT2D eigenvalue weighted by Crippen LogP contribution is -2.06. The highest BCUT2D eigenvalue weighted by Crippen LogP contribution is 2.36. The van der Waals surface area contributed by atoms with Crippen molar-refractivity contribution in [2.45, 2.75) is 12.8 Å². The van der Waals surface area contributed by atoms with E-state index in [-0.39, 0.29) is 18.3 Å². The van der Waals surface area contributed by atoms with Crippen LogP contribution in [0.4, 0.5) is 4.39 Å². The van der Waals surface area contributed by atoms with Gasteiger partial charge in [-0.05, 0) is 29.3 Å². The quantitative estimate of drug-likeness (QED) is 0.443. The monoisotopic (exact) mass is 384 g/mol. The van der Waals surface area contributed by atoms with Gasteiger partial charge in [0.25, 0.3) is 0 Å². The van der Waals surface area contributed by atoms with Gasteiger partial charge in [0.1, 0.15) is 6.61 Å². The topological polar surface area (TPSA) is 18.5 Å². The van der Waals surface area contributed by atoms with Crippen molar-refractivity contribution in [1.82, 2.24) is 0 Å². The van der Waals surface area contributed by atoms with Gasteiger partial charge in [-0.1, -0.05) is 67.1 Å². The van der Waals surface area contributed by atoms with Gasteiger partial charge in [-0.3, -0.25) is 0 Å². The van der Waals surface area contributed by atoms with E-state index in [1.807, 2.05) is 36.4 Å². The second-order valence-electron chi connectivity index (χ2n) is 6.33. The van der Waals surface area contributed by atoms with Crippen LogP contribution in [0.5, 0.6) is 5.75 Å². The highest BCUT2D eigenvalue weighted by molar-refractivity contribution is 6.33. The van der Waals surface area contributed by atoms with Crippen molar-refractivity contribution in [3.63, 3.8) is 0 Å². The van der Waals surface area contributed by atoms with Crippen molar-refractivity contribution in [3.05, 3.63) is 88.7 Å². The summed E-state index contributed by atoms with van der Waals surface area (Å²) in [6.45, 7) is 2.81. The van der Waals surface area contributed by atoms with Gasteiger partial charge in [0.05, 0.1) is 6.61 Å². The summed E-state index contributed by atoms with van der Waals surface area (Å²) in [7, 11) is 1.58. The van der Waals surface area contributed by atoms with Crippen molar-refractivity contribution < 1.29 is 13.9 Å². The van der Waals surface area contributed by atoms with Crippen LogP contribution in [-0.2, 0) is 4.74 Å². The number of halogens is 2. The summed E-state index contributed by atoms with van der Waals surface area (Å²) in [4.78, 5) is 0. The van der Waals surface area contributed by atoms with Crippen LogP contribution in [0.2, 0.25) is 5.02 Å². The van der Waals surface area contributed by atoms with Crippen LogP contribution in [0.1, 0.15) is 24.0 Å². The van der Waals surface area contributed by atoms with Gasteiger partial charge in [-0.25, -0.2) is 4.39 Å². The summed E-state index contributed by atoms with van der Waals surface area (Å²) in [5.74, 6) is -0.0476. The molecule has 1 atom stereocenters. The van der Waals surface area contributed by atoms with E-state index < -0.39 is 5.82 Å². The largest absolute Gasteiger partial charge is 0.488 e. The average Bonchev–Trinajstić information content (AvgIpc) is 2.70. The maximum atomic E-state index is 15.0. The third-order valence-electron chi connectivity index (χ3n) is 4.59. The lowest BCUT2D eigenvalue weighted by Gasteiger charge is -2.16. The van der Waals surface area contributed by atoms with E-state index in [0.29, 0.717) is 22.8 Å². The van der Waals surface area contributed by atoms with E-state index in [1.165, 1.54) is 5.56 Å². The molecule has 0 amide bonds. The standard InChI is InChI=1S/C23H22ClFO2/c1-16(17-7-4-3-5-8-17)18-11-12-21(24)20(15-18)19-9-6-10-22(23(19)25)27-14-13-26-2/h3-12,15-16H,13-14H2,1-2H3. The number of methoxy groups -OCH3 is 1. The summed E-state index contributed by atoms with van der Waals surface area (Å²) in [6, 6.07) is 21.1. The maximum Gasteiger partial charge on any atom is 0.172 e. The normalized spacial score (nSPS) is 12.0. The Balaban J connectivity index is 1.96. The Morgan fingerprint density at radius 2 is 1.67 bits per heavy atom. The maximum absolute atomic E-state index is 15.0. The molecule has 0 aliphatic rings. The van der Waals surface area contributed by atoms with Crippen LogP contribution in [0.15, 0.2) is 66.7 Å². The molecule has 0 saturated carbocycles. The molecule has 0 bridgehead atoms. The van der Waals surface area contributed by atoms with Crippen molar-refractivity contribution in [2.24, 2.45) is 0 Å². The molecule has 0 heterocycles. The number of rotatable bonds is 7. The van der Waals surface area contributed by atoms with Gasteiger partial charge in [-0.15, -0.1) is 0 Å². The molecule has 27 heavy (non-hydrogen) atoms. The molecule has 0 saturated heterocycles. The highest BCUT2D eigenvalue weighted by atomic mass is 35.5. The summed E-state index contributed by atoms with van der Waals surface area (Å²) >= 11 is 6.41. The number of hydrogen-bond acceptors (Lipinski definition) is 2. The molecule has 0 aliphatic carbocycles. The Morgan fingerprint density at radius 1 is 0.889 bits per heavy atom. The average molecular weight is 385 g/mol. The van der Waals surface area contributed by atoms with Crippen LogP contribution in [0, 0.1) is 5.82 Å². The molecule has 3 aromatic carbocycles. The molecule has 1 unspecified atom stereocenters. The SMILES string of the molecule is COCCOc1cccc(-c2cc(C(C)c3ccccc3)ccc2Cl)c1F. The Hall–Kier alpha value is -2.36. The molecular weight excluding hydrogens is 363 g/mol. The third-order valence-corrected chi connectivity index (χ3v) is 4.92. The fraction of sp³-hybridized carbons (Fsp3) is 0.217. The molecule has 0 N–H and O–H groups in total. The molecule has 0 aliphatic heterocycles. The smallest absolute Gasteiger partial charge is 0.172 e. The van der Waals surface area contributed by atoms with Crippen LogP contribution in [-0.4, -0.2) is 20.3 Å². The van der Waals surface area contributed by atoms with Crippen LogP contribution < -0.4 is 4.74 Å². The van der Waals surface area contributed by atoms with Crippen molar-refractivity contribution in [3.8, 4) is 16.9 Å². The van der Waals surface area contributed by atoms with Gasteiger partial charge in [0, 0.05) is 29.2 Å². The summed E-state index contributed by atoms with van der Waals surface area (Å²) < 4.78 is 25.4. The first-order valence-corrected chi connectivity index (χ1v) is 9.24. The van der Waals surface area contributed by atoms with Crippen LogP contribution in [0.25, 0.3) is 11.1 Å². The molecule has 0 spiro atoms. The van der Waals surface area contributed by atoms with Gasteiger partial charge < -0.3 is 9.47 Å². The first kappa shape index (κ1) is 19.4. The lowest BCUT2D eigenvalue weighted by molar-refractivity contribution is 0.144. The molecule has 0 aromatic heterocycles.